The summed E-state index contributed by atoms with van der Waals surface area (Å²) < 4.78 is 5.25. The highest BCUT2D eigenvalue weighted by molar-refractivity contribution is 7.14. The Labute approximate surface area is 168 Å². The zero-order valence-corrected chi connectivity index (χ0v) is 16.2. The third kappa shape index (κ3) is 4.54. The molecule has 7 nitrogen and oxygen atoms in total. The number of thiazole rings is 1. The van der Waals surface area contributed by atoms with Crippen molar-refractivity contribution in [1.82, 2.24) is 4.98 Å². The minimum atomic E-state index is -0.442. The van der Waals surface area contributed by atoms with Crippen LogP contribution in [0, 0.1) is 10.1 Å². The molecule has 3 aromatic rings. The number of benzene rings is 2. The molecule has 10 heteroatoms. The second-order valence-corrected chi connectivity index (χ2v) is 6.93. The molecule has 3 rings (SSSR count). The van der Waals surface area contributed by atoms with Gasteiger partial charge in [-0.2, -0.15) is 5.10 Å². The molecule has 1 N–H and O–H groups in total. The van der Waals surface area contributed by atoms with E-state index in [0.29, 0.717) is 37.7 Å². The van der Waals surface area contributed by atoms with Gasteiger partial charge in [-0.3, -0.25) is 15.5 Å². The maximum Gasteiger partial charge on any atom is 0.270 e. The first kappa shape index (κ1) is 19.1. The Balaban J connectivity index is 1.76. The smallest absolute Gasteiger partial charge is 0.270 e. The Hall–Kier alpha value is -2.68. The minimum Gasteiger partial charge on any atom is -0.495 e. The fraction of sp³-hybridized carbons (Fsp3) is 0.0588. The number of methoxy groups -OCH3 is 1. The van der Waals surface area contributed by atoms with Crippen molar-refractivity contribution >= 4 is 51.6 Å². The molecule has 0 radical (unpaired) electrons. The quantitative estimate of drug-likeness (QED) is 0.322. The molecule has 2 aromatic carbocycles. The summed E-state index contributed by atoms with van der Waals surface area (Å²) in [5, 5.41) is 18.2. The molecule has 0 bridgehead atoms. The lowest BCUT2D eigenvalue weighted by Gasteiger charge is -2.07. The van der Waals surface area contributed by atoms with Gasteiger partial charge in [0.2, 0.25) is 5.13 Å². The molecule has 0 aliphatic rings. The Kier molecular flexibility index (Phi) is 5.90. The van der Waals surface area contributed by atoms with Gasteiger partial charge in [0, 0.05) is 33.7 Å². The zero-order valence-electron chi connectivity index (χ0n) is 13.8. The number of hydrazone groups is 1. The van der Waals surface area contributed by atoms with Crippen molar-refractivity contribution in [2.24, 2.45) is 5.10 Å². The summed E-state index contributed by atoms with van der Waals surface area (Å²) in [6, 6.07) is 9.54. The van der Waals surface area contributed by atoms with Gasteiger partial charge in [0.15, 0.2) is 0 Å². The van der Waals surface area contributed by atoms with E-state index in [-0.39, 0.29) is 5.69 Å². The molecule has 0 aliphatic carbocycles. The van der Waals surface area contributed by atoms with E-state index in [1.165, 1.54) is 36.8 Å². The van der Waals surface area contributed by atoms with Crippen LogP contribution >= 0.6 is 34.5 Å². The van der Waals surface area contributed by atoms with Crippen molar-refractivity contribution in [3.63, 3.8) is 0 Å². The van der Waals surface area contributed by atoms with Gasteiger partial charge >= 0.3 is 0 Å². The molecule has 0 unspecified atom stereocenters. The minimum absolute atomic E-state index is 0.0120. The summed E-state index contributed by atoms with van der Waals surface area (Å²) >= 11 is 13.4. The zero-order chi connectivity index (χ0) is 19.4. The van der Waals surface area contributed by atoms with E-state index in [1.54, 1.807) is 29.6 Å². The molecule has 0 saturated heterocycles. The Bertz CT molecular complexity index is 1020. The van der Waals surface area contributed by atoms with E-state index in [1.807, 2.05) is 0 Å². The molecular weight excluding hydrogens is 411 g/mol. The van der Waals surface area contributed by atoms with Gasteiger partial charge < -0.3 is 4.74 Å². The second-order valence-electron chi connectivity index (χ2n) is 5.23. The number of aromatic nitrogens is 1. The van der Waals surface area contributed by atoms with Crippen LogP contribution in [0.3, 0.4) is 0 Å². The van der Waals surface area contributed by atoms with Gasteiger partial charge in [0.05, 0.1) is 29.0 Å². The van der Waals surface area contributed by atoms with Crippen molar-refractivity contribution in [2.75, 3.05) is 12.5 Å². The van der Waals surface area contributed by atoms with E-state index in [0.717, 1.165) is 0 Å². The third-order valence-corrected chi connectivity index (χ3v) is 4.71. The van der Waals surface area contributed by atoms with Crippen LogP contribution in [0.1, 0.15) is 5.56 Å². The van der Waals surface area contributed by atoms with Gasteiger partial charge in [0.1, 0.15) is 5.75 Å². The first-order valence-electron chi connectivity index (χ1n) is 7.50. The maximum atomic E-state index is 10.9. The van der Waals surface area contributed by atoms with Crippen LogP contribution in [0.5, 0.6) is 5.75 Å². The highest BCUT2D eigenvalue weighted by atomic mass is 35.5. The monoisotopic (exact) mass is 422 g/mol. The molecule has 1 aromatic heterocycles. The van der Waals surface area contributed by atoms with Crippen LogP contribution < -0.4 is 10.2 Å². The number of nitrogens with one attached hydrogen (secondary N) is 1. The summed E-state index contributed by atoms with van der Waals surface area (Å²) in [5.41, 5.74) is 4.70. The molecule has 0 atom stereocenters. The van der Waals surface area contributed by atoms with E-state index in [2.05, 4.69) is 15.5 Å². The molecule has 0 amide bonds. The largest absolute Gasteiger partial charge is 0.495 e. The maximum absolute atomic E-state index is 10.9. The van der Waals surface area contributed by atoms with Gasteiger partial charge in [-0.1, -0.05) is 35.3 Å². The Morgan fingerprint density at radius 3 is 2.89 bits per heavy atom. The number of non-ortho nitro benzene ring substituents is 1. The summed E-state index contributed by atoms with van der Waals surface area (Å²) in [4.78, 5) is 14.8. The van der Waals surface area contributed by atoms with Crippen molar-refractivity contribution in [3.05, 3.63) is 67.5 Å². The number of nitro benzene ring substituents is 1. The summed E-state index contributed by atoms with van der Waals surface area (Å²) in [5.74, 6) is 0.461. The normalized spacial score (nSPS) is 10.9. The molecule has 1 heterocycles. The van der Waals surface area contributed by atoms with Gasteiger partial charge in [-0.25, -0.2) is 4.98 Å². The average molecular weight is 423 g/mol. The van der Waals surface area contributed by atoms with Gasteiger partial charge in [-0.05, 0) is 12.1 Å². The summed E-state index contributed by atoms with van der Waals surface area (Å²) in [7, 11) is 1.51. The number of hydrogen-bond acceptors (Lipinski definition) is 7. The first-order chi connectivity index (χ1) is 13.0. The van der Waals surface area contributed by atoms with E-state index in [9.17, 15) is 10.1 Å². The highest BCUT2D eigenvalue weighted by Gasteiger charge is 2.10. The van der Waals surface area contributed by atoms with Crippen LogP contribution in [0.4, 0.5) is 10.8 Å². The average Bonchev–Trinajstić information content (AvgIpc) is 3.10. The van der Waals surface area contributed by atoms with Gasteiger partial charge in [-0.15, -0.1) is 11.3 Å². The fourth-order valence-corrected chi connectivity index (χ4v) is 3.54. The topological polar surface area (TPSA) is 89.7 Å². The number of nitro groups is 1. The molecule has 138 valence electrons. The SMILES string of the molecule is COc1c(Cl)cc(Cl)cc1/C=N\Nc1nc(-c2cccc([N+](=O)[O-])c2)cs1. The number of nitrogens with zero attached hydrogens (tertiary/aromatic N) is 3. The second kappa shape index (κ2) is 8.34. The number of rotatable bonds is 6. The number of halogens is 2. The molecule has 0 spiro atoms. The summed E-state index contributed by atoms with van der Waals surface area (Å²) in [6.45, 7) is 0. The summed E-state index contributed by atoms with van der Waals surface area (Å²) in [6.07, 6.45) is 1.52. The Morgan fingerprint density at radius 2 is 2.15 bits per heavy atom. The van der Waals surface area contributed by atoms with Crippen molar-refractivity contribution < 1.29 is 9.66 Å². The van der Waals surface area contributed by atoms with Crippen LogP contribution in [0.25, 0.3) is 11.3 Å². The van der Waals surface area contributed by atoms with Crippen LogP contribution in [0.2, 0.25) is 10.0 Å². The number of ether oxygens (including phenoxy) is 1. The van der Waals surface area contributed by atoms with Crippen LogP contribution in [-0.4, -0.2) is 23.2 Å². The lowest BCUT2D eigenvalue weighted by atomic mass is 10.1. The van der Waals surface area contributed by atoms with Crippen LogP contribution in [-0.2, 0) is 0 Å². The molecule has 0 saturated carbocycles. The van der Waals surface area contributed by atoms with E-state index in [4.69, 9.17) is 27.9 Å². The Morgan fingerprint density at radius 1 is 1.33 bits per heavy atom. The number of hydrogen-bond donors (Lipinski definition) is 1. The van der Waals surface area contributed by atoms with Crippen LogP contribution in [0.15, 0.2) is 46.9 Å². The van der Waals surface area contributed by atoms with E-state index < -0.39 is 4.92 Å². The molecule has 27 heavy (non-hydrogen) atoms. The standard InChI is InChI=1S/C17H12Cl2N4O3S/c1-26-16-11(5-12(18)7-14(16)19)8-20-22-17-21-15(9-27-17)10-3-2-4-13(6-10)23(24)25/h2-9H,1H3,(H,21,22)/b20-8-. The third-order valence-electron chi connectivity index (χ3n) is 3.46. The van der Waals surface area contributed by atoms with Crippen molar-refractivity contribution in [3.8, 4) is 17.0 Å². The number of anilines is 1. The predicted molar refractivity (Wildman–Crippen MR) is 108 cm³/mol. The van der Waals surface area contributed by atoms with Gasteiger partial charge in [0.25, 0.3) is 5.69 Å². The molecule has 0 fully saturated rings. The fourth-order valence-electron chi connectivity index (χ4n) is 2.29. The van der Waals surface area contributed by atoms with Crippen molar-refractivity contribution in [2.45, 2.75) is 0 Å². The molecular formula is C17H12Cl2N4O3S. The molecule has 0 aliphatic heterocycles. The lowest BCUT2D eigenvalue weighted by molar-refractivity contribution is -0.384. The van der Waals surface area contributed by atoms with E-state index >= 15 is 0 Å². The predicted octanol–water partition coefficient (Wildman–Crippen LogP) is 5.48. The van der Waals surface area contributed by atoms with Crippen molar-refractivity contribution in [1.29, 1.82) is 0 Å². The highest BCUT2D eigenvalue weighted by Crippen LogP contribution is 2.31. The lowest BCUT2D eigenvalue weighted by Crippen LogP contribution is -1.95. The first-order valence-corrected chi connectivity index (χ1v) is 9.14.